The van der Waals surface area contributed by atoms with Gasteiger partial charge in [-0.25, -0.2) is 4.79 Å². The smallest absolute Gasteiger partial charge is 0.335 e. The van der Waals surface area contributed by atoms with Gasteiger partial charge in [0.05, 0.1) is 16.2 Å². The Labute approximate surface area is 125 Å². The number of carbonyl (C=O) groups excluding carboxylic acids is 1. The highest BCUT2D eigenvalue weighted by Gasteiger charge is 2.18. The number of hydrogen-bond acceptors (Lipinski definition) is 5. The molecule has 0 atom stereocenters. The molecule has 0 saturated carbocycles. The highest BCUT2D eigenvalue weighted by Crippen LogP contribution is 2.25. The predicted molar refractivity (Wildman–Crippen MR) is 80.9 cm³/mol. The summed E-state index contributed by atoms with van der Waals surface area (Å²) >= 11 is 1.45. The number of benzene rings is 1. The molecule has 7 nitrogen and oxygen atoms in total. The number of hydrogen-bond donors (Lipinski definition) is 2. The van der Waals surface area contributed by atoms with Crippen LogP contribution in [0.3, 0.4) is 0 Å². The number of nitrogens with one attached hydrogen (secondary N) is 1. The summed E-state index contributed by atoms with van der Waals surface area (Å²) in [5.41, 5.74) is -0.620. The zero-order valence-corrected chi connectivity index (χ0v) is 12.3. The van der Waals surface area contributed by atoms with E-state index in [-0.39, 0.29) is 22.9 Å². The number of nitro benzene ring substituents is 1. The Morgan fingerprint density at radius 2 is 2.14 bits per heavy atom. The van der Waals surface area contributed by atoms with Crippen LogP contribution in [0.4, 0.5) is 11.4 Å². The van der Waals surface area contributed by atoms with Crippen LogP contribution in [0.25, 0.3) is 0 Å². The highest BCUT2D eigenvalue weighted by atomic mass is 32.2. The van der Waals surface area contributed by atoms with Gasteiger partial charge in [0.2, 0.25) is 5.91 Å². The van der Waals surface area contributed by atoms with E-state index in [1.54, 1.807) is 0 Å². The van der Waals surface area contributed by atoms with Gasteiger partial charge >= 0.3 is 5.97 Å². The molecule has 1 amide bonds. The Morgan fingerprint density at radius 3 is 2.71 bits per heavy atom. The van der Waals surface area contributed by atoms with Gasteiger partial charge in [0, 0.05) is 6.07 Å². The number of unbranched alkanes of at least 4 members (excludes halogenated alkanes) is 1. The zero-order valence-electron chi connectivity index (χ0n) is 11.5. The van der Waals surface area contributed by atoms with Crippen molar-refractivity contribution in [1.82, 2.24) is 0 Å². The molecule has 21 heavy (non-hydrogen) atoms. The molecule has 1 aromatic rings. The molecule has 0 aliphatic heterocycles. The fourth-order valence-corrected chi connectivity index (χ4v) is 2.41. The lowest BCUT2D eigenvalue weighted by atomic mass is 10.1. The summed E-state index contributed by atoms with van der Waals surface area (Å²) in [6.45, 7) is 2.05. The van der Waals surface area contributed by atoms with Crippen LogP contribution in [0.1, 0.15) is 30.1 Å². The number of carbonyl (C=O) groups is 2. The van der Waals surface area contributed by atoms with Crippen molar-refractivity contribution in [3.63, 3.8) is 0 Å². The third kappa shape index (κ3) is 5.42. The van der Waals surface area contributed by atoms with Gasteiger partial charge in [0.15, 0.2) is 0 Å². The van der Waals surface area contributed by atoms with Crippen molar-refractivity contribution < 1.29 is 19.6 Å². The zero-order chi connectivity index (χ0) is 15.8. The minimum atomic E-state index is -1.26. The maximum Gasteiger partial charge on any atom is 0.335 e. The van der Waals surface area contributed by atoms with Crippen LogP contribution in [-0.4, -0.2) is 33.4 Å². The summed E-state index contributed by atoms with van der Waals surface area (Å²) in [5, 5.41) is 22.2. The van der Waals surface area contributed by atoms with Crippen LogP contribution in [0, 0.1) is 10.1 Å². The van der Waals surface area contributed by atoms with Crippen molar-refractivity contribution in [3.05, 3.63) is 33.9 Å². The van der Waals surface area contributed by atoms with Gasteiger partial charge in [-0.3, -0.25) is 14.9 Å². The lowest BCUT2D eigenvalue weighted by Crippen LogP contribution is -2.15. The van der Waals surface area contributed by atoms with Crippen LogP contribution in [0.2, 0.25) is 0 Å². The molecular formula is C13H16N2O5S. The number of nitrogens with zero attached hydrogens (tertiary/aromatic N) is 1. The quantitative estimate of drug-likeness (QED) is 0.434. The second kappa shape index (κ2) is 8.25. The number of anilines is 1. The molecule has 0 unspecified atom stereocenters. The first-order valence-corrected chi connectivity index (χ1v) is 7.50. The van der Waals surface area contributed by atoms with E-state index in [9.17, 15) is 19.7 Å². The van der Waals surface area contributed by atoms with Gasteiger partial charge in [-0.05, 0) is 24.3 Å². The fraction of sp³-hybridized carbons (Fsp3) is 0.385. The SMILES string of the molecule is CCCCSCC(=O)Nc1ccc(C(=O)O)cc1[N+](=O)[O-]. The molecule has 0 fully saturated rings. The summed E-state index contributed by atoms with van der Waals surface area (Å²) < 4.78 is 0. The van der Waals surface area contributed by atoms with Gasteiger partial charge < -0.3 is 10.4 Å². The summed E-state index contributed by atoms with van der Waals surface area (Å²) in [6, 6.07) is 3.38. The van der Waals surface area contributed by atoms with E-state index in [2.05, 4.69) is 5.32 Å². The monoisotopic (exact) mass is 312 g/mol. The van der Waals surface area contributed by atoms with E-state index in [0.717, 1.165) is 24.7 Å². The molecule has 0 aliphatic carbocycles. The first-order valence-electron chi connectivity index (χ1n) is 6.35. The average molecular weight is 312 g/mol. The third-order valence-electron chi connectivity index (χ3n) is 2.59. The number of amides is 1. The lowest BCUT2D eigenvalue weighted by molar-refractivity contribution is -0.384. The Bertz CT molecular complexity index is 547. The minimum absolute atomic E-state index is 0.00564. The summed E-state index contributed by atoms with van der Waals surface area (Å²) in [5.74, 6) is -0.546. The topological polar surface area (TPSA) is 110 Å². The second-order valence-electron chi connectivity index (χ2n) is 4.25. The average Bonchev–Trinajstić information content (AvgIpc) is 2.43. The van der Waals surface area contributed by atoms with E-state index in [1.165, 1.54) is 23.9 Å². The van der Waals surface area contributed by atoms with E-state index in [1.807, 2.05) is 6.92 Å². The molecule has 0 heterocycles. The van der Waals surface area contributed by atoms with Crippen molar-refractivity contribution >= 4 is 35.0 Å². The molecule has 114 valence electrons. The predicted octanol–water partition coefficient (Wildman–Crippen LogP) is 2.76. The summed E-state index contributed by atoms with van der Waals surface area (Å²) in [6.07, 6.45) is 2.04. The number of nitro groups is 1. The van der Waals surface area contributed by atoms with Crippen LogP contribution in [0.15, 0.2) is 18.2 Å². The molecule has 0 aromatic heterocycles. The fourth-order valence-electron chi connectivity index (χ4n) is 1.52. The van der Waals surface area contributed by atoms with E-state index in [4.69, 9.17) is 5.11 Å². The first-order chi connectivity index (χ1) is 9.95. The number of thioether (sulfide) groups is 1. The van der Waals surface area contributed by atoms with Gasteiger partial charge in [-0.1, -0.05) is 13.3 Å². The second-order valence-corrected chi connectivity index (χ2v) is 5.35. The van der Waals surface area contributed by atoms with E-state index >= 15 is 0 Å². The van der Waals surface area contributed by atoms with Crippen molar-refractivity contribution in [2.24, 2.45) is 0 Å². The molecule has 0 bridgehead atoms. The first kappa shape index (κ1) is 17.0. The van der Waals surface area contributed by atoms with Gasteiger partial charge in [0.25, 0.3) is 5.69 Å². The number of carboxylic acid groups (broad SMARTS) is 1. The molecule has 2 N–H and O–H groups in total. The lowest BCUT2D eigenvalue weighted by Gasteiger charge is -2.06. The Morgan fingerprint density at radius 1 is 1.43 bits per heavy atom. The standard InChI is InChI=1S/C13H16N2O5S/c1-2-3-6-21-8-12(16)14-10-5-4-9(13(17)18)7-11(10)15(19)20/h4-5,7H,2-3,6,8H2,1H3,(H,14,16)(H,17,18). The van der Waals surface area contributed by atoms with Crippen molar-refractivity contribution in [2.75, 3.05) is 16.8 Å². The summed E-state index contributed by atoms with van der Waals surface area (Å²) in [4.78, 5) is 32.7. The van der Waals surface area contributed by atoms with Crippen LogP contribution >= 0.6 is 11.8 Å². The van der Waals surface area contributed by atoms with Crippen molar-refractivity contribution in [1.29, 1.82) is 0 Å². The molecule has 0 aliphatic rings. The van der Waals surface area contributed by atoms with E-state index in [0.29, 0.717) is 0 Å². The van der Waals surface area contributed by atoms with E-state index < -0.39 is 16.6 Å². The minimum Gasteiger partial charge on any atom is -0.478 e. The van der Waals surface area contributed by atoms with Crippen LogP contribution in [0.5, 0.6) is 0 Å². The normalized spacial score (nSPS) is 10.1. The Kier molecular flexibility index (Phi) is 6.67. The molecular weight excluding hydrogens is 296 g/mol. The maximum atomic E-state index is 11.7. The van der Waals surface area contributed by atoms with Gasteiger partial charge in [-0.15, -0.1) is 0 Å². The van der Waals surface area contributed by atoms with Crippen LogP contribution < -0.4 is 5.32 Å². The molecule has 1 rings (SSSR count). The third-order valence-corrected chi connectivity index (χ3v) is 3.63. The Hall–Kier alpha value is -2.09. The highest BCUT2D eigenvalue weighted by molar-refractivity contribution is 7.99. The van der Waals surface area contributed by atoms with Crippen molar-refractivity contribution in [3.8, 4) is 0 Å². The largest absolute Gasteiger partial charge is 0.478 e. The van der Waals surface area contributed by atoms with Gasteiger partial charge in [0.1, 0.15) is 5.69 Å². The maximum absolute atomic E-state index is 11.7. The Balaban J connectivity index is 2.76. The number of carboxylic acids is 1. The molecule has 0 saturated heterocycles. The van der Waals surface area contributed by atoms with Crippen molar-refractivity contribution in [2.45, 2.75) is 19.8 Å². The van der Waals surface area contributed by atoms with Gasteiger partial charge in [-0.2, -0.15) is 11.8 Å². The number of rotatable bonds is 8. The molecule has 0 radical (unpaired) electrons. The summed E-state index contributed by atoms with van der Waals surface area (Å²) in [7, 11) is 0. The number of aromatic carboxylic acids is 1. The molecule has 0 spiro atoms. The molecule has 1 aromatic carbocycles. The van der Waals surface area contributed by atoms with Crippen LogP contribution in [-0.2, 0) is 4.79 Å². The molecule has 8 heteroatoms.